The SMILES string of the molecule is O=C(CSCc1ccc(Cl)cc1)N1CCCC1c1nc2ccccc2s1. The van der Waals surface area contributed by atoms with Crippen molar-refractivity contribution in [3.63, 3.8) is 0 Å². The third-order valence-electron chi connectivity index (χ3n) is 4.58. The highest BCUT2D eigenvalue weighted by molar-refractivity contribution is 7.99. The quantitative estimate of drug-likeness (QED) is 0.561. The number of hydrogen-bond donors (Lipinski definition) is 0. The van der Waals surface area contributed by atoms with Gasteiger partial charge in [-0.25, -0.2) is 4.98 Å². The van der Waals surface area contributed by atoms with Crippen LogP contribution in [0.4, 0.5) is 0 Å². The molecule has 1 aromatic heterocycles. The van der Waals surface area contributed by atoms with Crippen molar-refractivity contribution in [2.24, 2.45) is 0 Å². The second-order valence-electron chi connectivity index (χ2n) is 6.38. The summed E-state index contributed by atoms with van der Waals surface area (Å²) in [6.45, 7) is 0.834. The molecule has 1 unspecified atom stereocenters. The van der Waals surface area contributed by atoms with Gasteiger partial charge in [0, 0.05) is 17.3 Å². The van der Waals surface area contributed by atoms with E-state index < -0.39 is 0 Å². The number of para-hydroxylation sites is 1. The largest absolute Gasteiger partial charge is 0.333 e. The lowest BCUT2D eigenvalue weighted by molar-refractivity contribution is -0.129. The minimum absolute atomic E-state index is 0.135. The van der Waals surface area contributed by atoms with Crippen molar-refractivity contribution in [1.29, 1.82) is 0 Å². The molecule has 134 valence electrons. The molecule has 4 rings (SSSR count). The summed E-state index contributed by atoms with van der Waals surface area (Å²) < 4.78 is 1.19. The van der Waals surface area contributed by atoms with E-state index in [4.69, 9.17) is 16.6 Å². The van der Waals surface area contributed by atoms with Crippen LogP contribution in [0.3, 0.4) is 0 Å². The number of carbonyl (C=O) groups is 1. The summed E-state index contributed by atoms with van der Waals surface area (Å²) in [5.74, 6) is 1.54. The second-order valence-corrected chi connectivity index (χ2v) is 8.87. The lowest BCUT2D eigenvalue weighted by atomic mass is 10.2. The number of likely N-dealkylation sites (tertiary alicyclic amines) is 1. The summed E-state index contributed by atoms with van der Waals surface area (Å²) in [6.07, 6.45) is 2.06. The fraction of sp³-hybridized carbons (Fsp3) is 0.300. The molecule has 0 aliphatic carbocycles. The number of hydrogen-bond acceptors (Lipinski definition) is 4. The minimum Gasteiger partial charge on any atom is -0.333 e. The van der Waals surface area contributed by atoms with Gasteiger partial charge < -0.3 is 4.90 Å². The molecule has 26 heavy (non-hydrogen) atoms. The third kappa shape index (κ3) is 3.90. The van der Waals surface area contributed by atoms with E-state index in [0.29, 0.717) is 5.75 Å². The lowest BCUT2D eigenvalue weighted by Gasteiger charge is -2.23. The average Bonchev–Trinajstić information content (AvgIpc) is 3.29. The van der Waals surface area contributed by atoms with E-state index in [1.807, 2.05) is 47.4 Å². The van der Waals surface area contributed by atoms with Crippen LogP contribution in [-0.4, -0.2) is 28.1 Å². The number of benzene rings is 2. The Hall–Kier alpha value is -1.56. The van der Waals surface area contributed by atoms with Gasteiger partial charge >= 0.3 is 0 Å². The van der Waals surface area contributed by atoms with Crippen molar-refractivity contribution >= 4 is 50.8 Å². The fourth-order valence-electron chi connectivity index (χ4n) is 3.27. The molecule has 0 saturated carbocycles. The van der Waals surface area contributed by atoms with Crippen molar-refractivity contribution in [3.05, 3.63) is 64.1 Å². The topological polar surface area (TPSA) is 33.2 Å². The van der Waals surface area contributed by atoms with Gasteiger partial charge in [0.05, 0.1) is 22.0 Å². The highest BCUT2D eigenvalue weighted by atomic mass is 35.5. The van der Waals surface area contributed by atoms with Crippen molar-refractivity contribution in [2.45, 2.75) is 24.6 Å². The first kappa shape index (κ1) is 17.8. The molecule has 0 N–H and O–H groups in total. The smallest absolute Gasteiger partial charge is 0.233 e. The normalized spacial score (nSPS) is 17.1. The van der Waals surface area contributed by atoms with E-state index >= 15 is 0 Å². The maximum atomic E-state index is 12.7. The Kier molecular flexibility index (Phi) is 5.48. The van der Waals surface area contributed by atoms with Crippen LogP contribution in [0.25, 0.3) is 10.2 Å². The molecule has 0 bridgehead atoms. The lowest BCUT2D eigenvalue weighted by Crippen LogP contribution is -2.31. The van der Waals surface area contributed by atoms with E-state index in [1.54, 1.807) is 23.1 Å². The minimum atomic E-state index is 0.135. The second kappa shape index (κ2) is 7.99. The predicted octanol–water partition coefficient (Wildman–Crippen LogP) is 5.55. The van der Waals surface area contributed by atoms with Crippen molar-refractivity contribution < 1.29 is 4.79 Å². The van der Waals surface area contributed by atoms with Gasteiger partial charge in [-0.2, -0.15) is 0 Å². The molecule has 0 spiro atoms. The molecule has 2 heterocycles. The van der Waals surface area contributed by atoms with Crippen LogP contribution >= 0.6 is 34.7 Å². The van der Waals surface area contributed by atoms with Gasteiger partial charge in [-0.3, -0.25) is 4.79 Å². The summed E-state index contributed by atoms with van der Waals surface area (Å²) in [4.78, 5) is 19.5. The Labute approximate surface area is 166 Å². The van der Waals surface area contributed by atoms with E-state index in [2.05, 4.69) is 6.07 Å². The zero-order valence-corrected chi connectivity index (χ0v) is 16.6. The molecule has 3 aromatic rings. The van der Waals surface area contributed by atoms with Gasteiger partial charge in [-0.1, -0.05) is 35.9 Å². The molecule has 3 nitrogen and oxygen atoms in total. The van der Waals surface area contributed by atoms with Crippen LogP contribution in [-0.2, 0) is 10.5 Å². The van der Waals surface area contributed by atoms with Crippen LogP contribution in [0.5, 0.6) is 0 Å². The maximum Gasteiger partial charge on any atom is 0.233 e. The number of nitrogens with zero attached hydrogens (tertiary/aromatic N) is 2. The average molecular weight is 403 g/mol. The van der Waals surface area contributed by atoms with Crippen LogP contribution in [0, 0.1) is 0 Å². The number of thiazole rings is 1. The van der Waals surface area contributed by atoms with Gasteiger partial charge in [0.1, 0.15) is 5.01 Å². The summed E-state index contributed by atoms with van der Waals surface area (Å²) in [5.41, 5.74) is 2.22. The fourth-order valence-corrected chi connectivity index (χ4v) is 5.39. The first-order chi connectivity index (χ1) is 12.7. The molecule has 2 aromatic carbocycles. The van der Waals surface area contributed by atoms with Crippen LogP contribution in [0.15, 0.2) is 48.5 Å². The predicted molar refractivity (Wildman–Crippen MR) is 111 cm³/mol. The van der Waals surface area contributed by atoms with Crippen molar-refractivity contribution in [2.75, 3.05) is 12.3 Å². The monoisotopic (exact) mass is 402 g/mol. The Balaban J connectivity index is 1.39. The van der Waals surface area contributed by atoms with Gasteiger partial charge in [0.25, 0.3) is 0 Å². The molecule has 1 fully saturated rings. The first-order valence-corrected chi connectivity index (χ1v) is 11.0. The Bertz CT molecular complexity index is 877. The highest BCUT2D eigenvalue weighted by Crippen LogP contribution is 2.36. The van der Waals surface area contributed by atoms with Gasteiger partial charge in [0.15, 0.2) is 0 Å². The highest BCUT2D eigenvalue weighted by Gasteiger charge is 2.31. The zero-order valence-electron chi connectivity index (χ0n) is 14.2. The molecule has 1 aliphatic rings. The van der Waals surface area contributed by atoms with Gasteiger partial charge in [-0.15, -0.1) is 23.1 Å². The molecular weight excluding hydrogens is 384 g/mol. The standard InChI is InChI=1S/C20H19ClN2OS2/c21-15-9-7-14(8-10-15)12-25-13-19(24)23-11-3-5-17(23)20-22-16-4-1-2-6-18(16)26-20/h1-2,4,6-10,17H,3,5,11-13H2. The van der Waals surface area contributed by atoms with Gasteiger partial charge in [0.2, 0.25) is 5.91 Å². The Morgan fingerprint density at radius 1 is 1.23 bits per heavy atom. The van der Waals surface area contributed by atoms with E-state index in [0.717, 1.165) is 40.7 Å². The summed E-state index contributed by atoms with van der Waals surface area (Å²) in [5, 5.41) is 1.81. The van der Waals surface area contributed by atoms with Gasteiger partial charge in [-0.05, 0) is 42.7 Å². The van der Waals surface area contributed by atoms with Crippen LogP contribution in [0.1, 0.15) is 29.5 Å². The van der Waals surface area contributed by atoms with Crippen LogP contribution in [0.2, 0.25) is 5.02 Å². The Morgan fingerprint density at radius 3 is 2.85 bits per heavy atom. The van der Waals surface area contributed by atoms with E-state index in [1.165, 1.54) is 10.3 Å². The molecular formula is C20H19ClN2OS2. The molecule has 1 atom stereocenters. The molecule has 1 saturated heterocycles. The summed E-state index contributed by atoms with van der Waals surface area (Å²) in [7, 11) is 0. The number of thioether (sulfide) groups is 1. The molecule has 1 amide bonds. The van der Waals surface area contributed by atoms with E-state index in [-0.39, 0.29) is 11.9 Å². The number of halogens is 1. The van der Waals surface area contributed by atoms with Crippen molar-refractivity contribution in [1.82, 2.24) is 9.88 Å². The number of carbonyl (C=O) groups excluding carboxylic acids is 1. The van der Waals surface area contributed by atoms with Crippen LogP contribution < -0.4 is 0 Å². The first-order valence-electron chi connectivity index (χ1n) is 8.68. The Morgan fingerprint density at radius 2 is 2.04 bits per heavy atom. The molecule has 1 aliphatic heterocycles. The van der Waals surface area contributed by atoms with E-state index in [9.17, 15) is 4.79 Å². The number of rotatable bonds is 5. The maximum absolute atomic E-state index is 12.7. The number of fused-ring (bicyclic) bond motifs is 1. The molecule has 6 heteroatoms. The van der Waals surface area contributed by atoms with Crippen molar-refractivity contribution in [3.8, 4) is 0 Å². The number of amides is 1. The molecule has 0 radical (unpaired) electrons. The third-order valence-corrected chi connectivity index (χ3v) is 6.95. The summed E-state index contributed by atoms with van der Waals surface area (Å²) in [6, 6.07) is 16.1. The number of aromatic nitrogens is 1. The summed E-state index contributed by atoms with van der Waals surface area (Å²) >= 11 is 9.28. The zero-order chi connectivity index (χ0) is 17.9.